The number of nitrogens with zero attached hydrogens (tertiary/aromatic N) is 6. The zero-order valence-electron chi connectivity index (χ0n) is 15.5. The number of ether oxygens (including phenoxy) is 1. The minimum Gasteiger partial charge on any atom is -0.381 e. The van der Waals surface area contributed by atoms with Crippen molar-refractivity contribution in [3.63, 3.8) is 0 Å². The smallest absolute Gasteiger partial charge is 0.279 e. The molecule has 3 aromatic heterocycles. The summed E-state index contributed by atoms with van der Waals surface area (Å²) >= 11 is 6.46. The molecule has 1 atom stereocenters. The molecule has 1 aliphatic rings. The van der Waals surface area contributed by atoms with Crippen LogP contribution in [-0.4, -0.2) is 42.2 Å². The molecule has 5 rings (SSSR count). The van der Waals surface area contributed by atoms with Crippen molar-refractivity contribution in [1.29, 1.82) is 0 Å². The highest BCUT2D eigenvalue weighted by Crippen LogP contribution is 2.29. The Balaban J connectivity index is 1.86. The van der Waals surface area contributed by atoms with Gasteiger partial charge in [-0.2, -0.15) is 4.68 Å². The normalized spacial score (nSPS) is 17.4. The van der Waals surface area contributed by atoms with Crippen LogP contribution < -0.4 is 5.56 Å². The van der Waals surface area contributed by atoms with E-state index in [9.17, 15) is 4.79 Å². The van der Waals surface area contributed by atoms with Gasteiger partial charge in [-0.05, 0) is 32.4 Å². The standard InChI is InChI=1S/C19H19ClN6O2/c1-11(2)25-16-13(20)4-3-5-14(16)24-10-21-18(17(24)19(25)27)26-15(8-22-23-26)12-6-7-28-9-12/h3-5,8,10-12H,6-7,9H2,1-2H3. The lowest BCUT2D eigenvalue weighted by Crippen LogP contribution is -2.25. The molecule has 4 heterocycles. The largest absolute Gasteiger partial charge is 0.381 e. The summed E-state index contributed by atoms with van der Waals surface area (Å²) in [5, 5.41) is 8.83. The van der Waals surface area contributed by atoms with Crippen LogP contribution in [0.15, 0.2) is 35.5 Å². The molecule has 0 radical (unpaired) electrons. The van der Waals surface area contributed by atoms with E-state index in [4.69, 9.17) is 16.3 Å². The molecule has 1 saturated heterocycles. The van der Waals surface area contributed by atoms with Gasteiger partial charge < -0.3 is 9.30 Å². The number of benzene rings is 1. The lowest BCUT2D eigenvalue weighted by molar-refractivity contribution is 0.193. The molecule has 0 saturated carbocycles. The summed E-state index contributed by atoms with van der Waals surface area (Å²) in [4.78, 5) is 18.0. The Morgan fingerprint density at radius 1 is 1.29 bits per heavy atom. The van der Waals surface area contributed by atoms with Gasteiger partial charge in [0, 0.05) is 18.6 Å². The highest BCUT2D eigenvalue weighted by atomic mass is 35.5. The molecule has 0 amide bonds. The Kier molecular flexibility index (Phi) is 3.99. The summed E-state index contributed by atoms with van der Waals surface area (Å²) in [5.41, 5.74) is 2.71. The molecule has 8 nitrogen and oxygen atoms in total. The quantitative estimate of drug-likeness (QED) is 0.530. The van der Waals surface area contributed by atoms with Gasteiger partial charge in [0.1, 0.15) is 6.33 Å². The summed E-state index contributed by atoms with van der Waals surface area (Å²) < 4.78 is 10.7. The number of rotatable bonds is 3. The van der Waals surface area contributed by atoms with Crippen molar-refractivity contribution in [3.8, 4) is 5.82 Å². The van der Waals surface area contributed by atoms with Gasteiger partial charge in [0.15, 0.2) is 11.3 Å². The maximum absolute atomic E-state index is 13.5. The summed E-state index contributed by atoms with van der Waals surface area (Å²) in [6.45, 7) is 5.26. The average Bonchev–Trinajstić information content (AvgIpc) is 3.41. The maximum Gasteiger partial charge on any atom is 0.279 e. The number of hydrogen-bond acceptors (Lipinski definition) is 5. The van der Waals surface area contributed by atoms with Crippen LogP contribution >= 0.6 is 11.6 Å². The fourth-order valence-electron chi connectivity index (χ4n) is 3.97. The zero-order valence-corrected chi connectivity index (χ0v) is 16.3. The fraction of sp³-hybridized carbons (Fsp3) is 0.368. The van der Waals surface area contributed by atoms with E-state index in [2.05, 4.69) is 15.3 Å². The molecule has 1 unspecified atom stereocenters. The molecule has 9 heteroatoms. The van der Waals surface area contributed by atoms with Crippen LogP contribution in [0.4, 0.5) is 0 Å². The second kappa shape index (κ2) is 6.42. The molecule has 28 heavy (non-hydrogen) atoms. The van der Waals surface area contributed by atoms with Crippen LogP contribution in [0, 0.1) is 0 Å². The average molecular weight is 399 g/mol. The van der Waals surface area contributed by atoms with E-state index in [1.165, 1.54) is 0 Å². The lowest BCUT2D eigenvalue weighted by Gasteiger charge is -2.17. The van der Waals surface area contributed by atoms with Crippen molar-refractivity contribution in [2.45, 2.75) is 32.2 Å². The number of hydrogen-bond donors (Lipinski definition) is 0. The Morgan fingerprint density at radius 3 is 2.89 bits per heavy atom. The third kappa shape index (κ3) is 2.41. The molecule has 1 fully saturated rings. The monoisotopic (exact) mass is 398 g/mol. The van der Waals surface area contributed by atoms with E-state index in [1.54, 1.807) is 32.2 Å². The van der Waals surface area contributed by atoms with Gasteiger partial charge in [-0.1, -0.05) is 22.9 Å². The second-order valence-corrected chi connectivity index (χ2v) is 7.70. The molecule has 0 aliphatic carbocycles. The summed E-state index contributed by atoms with van der Waals surface area (Å²) in [6, 6.07) is 5.53. The van der Waals surface area contributed by atoms with E-state index in [1.807, 2.05) is 26.0 Å². The molecule has 1 aliphatic heterocycles. The van der Waals surface area contributed by atoms with Crippen molar-refractivity contribution in [1.82, 2.24) is 28.9 Å². The van der Waals surface area contributed by atoms with Gasteiger partial charge in [0.2, 0.25) is 0 Å². The van der Waals surface area contributed by atoms with Crippen LogP contribution in [0.2, 0.25) is 5.02 Å². The van der Waals surface area contributed by atoms with Crippen LogP contribution in [-0.2, 0) is 4.74 Å². The minimum atomic E-state index is -0.160. The second-order valence-electron chi connectivity index (χ2n) is 7.29. The summed E-state index contributed by atoms with van der Waals surface area (Å²) in [5.74, 6) is 0.662. The van der Waals surface area contributed by atoms with Crippen molar-refractivity contribution >= 4 is 28.2 Å². The van der Waals surface area contributed by atoms with Crippen LogP contribution in [0.1, 0.15) is 37.9 Å². The predicted octanol–water partition coefficient (Wildman–Crippen LogP) is 2.97. The molecule has 144 valence electrons. The minimum absolute atomic E-state index is 0.0684. The van der Waals surface area contributed by atoms with Crippen molar-refractivity contribution in [2.75, 3.05) is 13.2 Å². The van der Waals surface area contributed by atoms with Crippen LogP contribution in [0.3, 0.4) is 0 Å². The highest BCUT2D eigenvalue weighted by molar-refractivity contribution is 6.35. The topological polar surface area (TPSA) is 79.2 Å². The first-order valence-electron chi connectivity index (χ1n) is 9.26. The molecule has 4 aromatic rings. The Hall–Kier alpha value is -2.71. The third-order valence-electron chi connectivity index (χ3n) is 5.28. The van der Waals surface area contributed by atoms with Gasteiger partial charge >= 0.3 is 0 Å². The maximum atomic E-state index is 13.5. The number of halogens is 1. The fourth-order valence-corrected chi connectivity index (χ4v) is 4.23. The van der Waals surface area contributed by atoms with Crippen molar-refractivity contribution in [2.24, 2.45) is 0 Å². The summed E-state index contributed by atoms with van der Waals surface area (Å²) in [6.07, 6.45) is 4.27. The van der Waals surface area contributed by atoms with Crippen molar-refractivity contribution in [3.05, 3.63) is 51.8 Å². The van der Waals surface area contributed by atoms with Crippen LogP contribution in [0.5, 0.6) is 0 Å². The number of para-hydroxylation sites is 1. The number of imidazole rings is 1. The summed E-state index contributed by atoms with van der Waals surface area (Å²) in [7, 11) is 0. The van der Waals surface area contributed by atoms with Gasteiger partial charge in [-0.25, -0.2) is 4.98 Å². The molecule has 1 aromatic carbocycles. The van der Waals surface area contributed by atoms with E-state index >= 15 is 0 Å². The predicted molar refractivity (Wildman–Crippen MR) is 105 cm³/mol. The number of fused-ring (bicyclic) bond motifs is 3. The van der Waals surface area contributed by atoms with Gasteiger partial charge in [0.05, 0.1) is 34.6 Å². The molecule has 0 N–H and O–H groups in total. The molecule has 0 spiro atoms. The van der Waals surface area contributed by atoms with E-state index in [-0.39, 0.29) is 17.5 Å². The molecular formula is C19H19ClN6O2. The Labute approximate surface area is 165 Å². The van der Waals surface area contributed by atoms with Crippen molar-refractivity contribution < 1.29 is 4.74 Å². The highest BCUT2D eigenvalue weighted by Gasteiger charge is 2.26. The van der Waals surface area contributed by atoms with E-state index in [0.29, 0.717) is 35.1 Å². The third-order valence-corrected chi connectivity index (χ3v) is 5.58. The number of aromatic nitrogens is 6. The van der Waals surface area contributed by atoms with Gasteiger partial charge in [-0.3, -0.25) is 9.20 Å². The molecule has 0 bridgehead atoms. The SMILES string of the molecule is CC(C)n1c(=O)c2c(-n3nncc3C3CCOC3)ncn2c2cccc(Cl)c21. The van der Waals surface area contributed by atoms with E-state index < -0.39 is 0 Å². The van der Waals surface area contributed by atoms with Crippen LogP contribution in [0.25, 0.3) is 22.4 Å². The lowest BCUT2D eigenvalue weighted by atomic mass is 10.1. The Bertz CT molecular complexity index is 1250. The first kappa shape index (κ1) is 17.4. The first-order valence-corrected chi connectivity index (χ1v) is 9.64. The van der Waals surface area contributed by atoms with Gasteiger partial charge in [-0.15, -0.1) is 5.10 Å². The first-order chi connectivity index (χ1) is 13.6. The Morgan fingerprint density at radius 2 is 2.14 bits per heavy atom. The zero-order chi connectivity index (χ0) is 19.4. The molecular weight excluding hydrogens is 380 g/mol. The van der Waals surface area contributed by atoms with E-state index in [0.717, 1.165) is 17.6 Å². The van der Waals surface area contributed by atoms with Gasteiger partial charge in [0.25, 0.3) is 5.56 Å².